The second-order valence-electron chi connectivity index (χ2n) is 2.61. The van der Waals surface area contributed by atoms with Crippen LogP contribution in [-0.4, -0.2) is 4.92 Å². The van der Waals surface area contributed by atoms with Gasteiger partial charge >= 0.3 is 0 Å². The molecular formula is C8H3BrINO2S. The molecule has 14 heavy (non-hydrogen) atoms. The number of nitro groups is 1. The van der Waals surface area contributed by atoms with E-state index in [0.717, 1.165) is 18.1 Å². The summed E-state index contributed by atoms with van der Waals surface area (Å²) < 4.78 is 2.68. The highest BCUT2D eigenvalue weighted by Crippen LogP contribution is 2.38. The van der Waals surface area contributed by atoms with Gasteiger partial charge in [-0.1, -0.05) is 0 Å². The second-order valence-corrected chi connectivity index (χ2v) is 5.51. The summed E-state index contributed by atoms with van der Waals surface area (Å²) in [4.78, 5) is 10.4. The van der Waals surface area contributed by atoms with Crippen LogP contribution in [0.2, 0.25) is 0 Å². The first-order valence-corrected chi connectivity index (χ1v) is 6.36. The van der Waals surface area contributed by atoms with Crippen LogP contribution in [0, 0.1) is 13.7 Å². The number of rotatable bonds is 1. The molecule has 0 aliphatic rings. The van der Waals surface area contributed by atoms with Gasteiger partial charge in [0.25, 0.3) is 5.69 Å². The highest BCUT2D eigenvalue weighted by atomic mass is 127. The Kier molecular flexibility index (Phi) is 2.76. The fraction of sp³-hybridized carbons (Fsp3) is 0. The minimum atomic E-state index is -0.346. The molecule has 3 nitrogen and oxygen atoms in total. The van der Waals surface area contributed by atoms with Crippen molar-refractivity contribution in [3.63, 3.8) is 0 Å². The van der Waals surface area contributed by atoms with Gasteiger partial charge in [-0.2, -0.15) is 0 Å². The van der Waals surface area contributed by atoms with Gasteiger partial charge in [0, 0.05) is 24.9 Å². The summed E-state index contributed by atoms with van der Waals surface area (Å²) >= 11 is 6.95. The smallest absolute Gasteiger partial charge is 0.258 e. The average Bonchev–Trinajstić information content (AvgIpc) is 2.49. The normalized spacial score (nSPS) is 10.7. The molecule has 0 saturated carbocycles. The zero-order valence-corrected chi connectivity index (χ0v) is 11.2. The predicted molar refractivity (Wildman–Crippen MR) is 68.9 cm³/mol. The van der Waals surface area contributed by atoms with Crippen molar-refractivity contribution in [2.45, 2.75) is 0 Å². The number of non-ortho nitro benzene ring substituents is 1. The Morgan fingerprint density at radius 2 is 2.21 bits per heavy atom. The van der Waals surface area contributed by atoms with Crippen LogP contribution in [0.3, 0.4) is 0 Å². The molecule has 6 heteroatoms. The maximum atomic E-state index is 10.7. The first kappa shape index (κ1) is 10.3. The standard InChI is InChI=1S/C8H3BrINO2S/c9-4-3-14-8-6(11(12)13)2-1-5(10)7(4)8/h1-3H. The molecule has 0 radical (unpaired) electrons. The molecule has 0 unspecified atom stereocenters. The van der Waals surface area contributed by atoms with Crippen molar-refractivity contribution in [2.75, 3.05) is 0 Å². The minimum Gasteiger partial charge on any atom is -0.258 e. The van der Waals surface area contributed by atoms with Gasteiger partial charge in [-0.25, -0.2) is 0 Å². The maximum Gasteiger partial charge on any atom is 0.287 e. The van der Waals surface area contributed by atoms with Crippen molar-refractivity contribution in [3.05, 3.63) is 35.7 Å². The first-order valence-electron chi connectivity index (χ1n) is 3.61. The third-order valence-electron chi connectivity index (χ3n) is 1.80. The van der Waals surface area contributed by atoms with Crippen LogP contribution in [0.1, 0.15) is 0 Å². The van der Waals surface area contributed by atoms with E-state index in [4.69, 9.17) is 0 Å². The van der Waals surface area contributed by atoms with E-state index in [-0.39, 0.29) is 10.6 Å². The van der Waals surface area contributed by atoms with Gasteiger partial charge in [0.05, 0.1) is 4.92 Å². The van der Waals surface area contributed by atoms with E-state index in [2.05, 4.69) is 38.5 Å². The van der Waals surface area contributed by atoms with Crippen LogP contribution >= 0.6 is 49.9 Å². The number of fused-ring (bicyclic) bond motifs is 1. The van der Waals surface area contributed by atoms with E-state index < -0.39 is 0 Å². The summed E-state index contributed by atoms with van der Waals surface area (Å²) in [5.74, 6) is 0. The molecule has 0 amide bonds. The van der Waals surface area contributed by atoms with Crippen LogP contribution < -0.4 is 0 Å². The maximum absolute atomic E-state index is 10.7. The molecule has 0 aliphatic carbocycles. The van der Waals surface area contributed by atoms with Crippen LogP contribution in [0.15, 0.2) is 22.0 Å². The molecule has 0 spiro atoms. The van der Waals surface area contributed by atoms with Crippen molar-refractivity contribution in [1.82, 2.24) is 0 Å². The van der Waals surface area contributed by atoms with Gasteiger partial charge < -0.3 is 0 Å². The molecule has 0 N–H and O–H groups in total. The third kappa shape index (κ3) is 1.55. The fourth-order valence-electron chi connectivity index (χ4n) is 1.20. The Morgan fingerprint density at radius 3 is 2.86 bits per heavy atom. The largest absolute Gasteiger partial charge is 0.287 e. The predicted octanol–water partition coefficient (Wildman–Crippen LogP) is 4.18. The molecule has 0 bridgehead atoms. The molecule has 1 aromatic carbocycles. The molecule has 72 valence electrons. The number of hydrogen-bond donors (Lipinski definition) is 0. The Balaban J connectivity index is 2.90. The number of benzene rings is 1. The lowest BCUT2D eigenvalue weighted by molar-refractivity contribution is -0.382. The van der Waals surface area contributed by atoms with E-state index in [1.165, 1.54) is 11.3 Å². The average molecular weight is 384 g/mol. The first-order chi connectivity index (χ1) is 6.61. The Bertz CT molecular complexity index is 525. The van der Waals surface area contributed by atoms with Gasteiger partial charge in [0.2, 0.25) is 0 Å². The van der Waals surface area contributed by atoms with Gasteiger partial charge in [0.1, 0.15) is 4.70 Å². The summed E-state index contributed by atoms with van der Waals surface area (Å²) in [5, 5.41) is 13.5. The summed E-state index contributed by atoms with van der Waals surface area (Å²) in [5.41, 5.74) is 0.177. The fourth-order valence-corrected chi connectivity index (χ4v) is 4.26. The van der Waals surface area contributed by atoms with Crippen LogP contribution in [-0.2, 0) is 0 Å². The van der Waals surface area contributed by atoms with Crippen LogP contribution in [0.25, 0.3) is 10.1 Å². The van der Waals surface area contributed by atoms with E-state index in [1.54, 1.807) is 12.1 Å². The Morgan fingerprint density at radius 1 is 1.50 bits per heavy atom. The molecular weight excluding hydrogens is 381 g/mol. The van der Waals surface area contributed by atoms with Crippen molar-refractivity contribution in [1.29, 1.82) is 0 Å². The van der Waals surface area contributed by atoms with Crippen LogP contribution in [0.5, 0.6) is 0 Å². The van der Waals surface area contributed by atoms with E-state index >= 15 is 0 Å². The molecule has 2 aromatic rings. The summed E-state index contributed by atoms with van der Waals surface area (Å²) in [6, 6.07) is 3.31. The van der Waals surface area contributed by atoms with Crippen molar-refractivity contribution in [2.24, 2.45) is 0 Å². The summed E-state index contributed by atoms with van der Waals surface area (Å²) in [6.07, 6.45) is 0. The third-order valence-corrected chi connectivity index (χ3v) is 4.63. The zero-order chi connectivity index (χ0) is 10.3. The highest BCUT2D eigenvalue weighted by Gasteiger charge is 2.16. The molecule has 0 aliphatic heterocycles. The van der Waals surface area contributed by atoms with Crippen LogP contribution in [0.4, 0.5) is 5.69 Å². The molecule has 1 heterocycles. The monoisotopic (exact) mass is 383 g/mol. The number of hydrogen-bond acceptors (Lipinski definition) is 3. The SMILES string of the molecule is O=[N+]([O-])c1ccc(I)c2c(Br)csc12. The quantitative estimate of drug-likeness (QED) is 0.421. The zero-order valence-electron chi connectivity index (χ0n) is 6.66. The van der Waals surface area contributed by atoms with E-state index in [0.29, 0.717) is 0 Å². The summed E-state index contributed by atoms with van der Waals surface area (Å²) in [7, 11) is 0. The molecule has 0 fully saturated rings. The van der Waals surface area contributed by atoms with Gasteiger partial charge in [-0.05, 0) is 44.6 Å². The molecule has 0 atom stereocenters. The van der Waals surface area contributed by atoms with Gasteiger partial charge in [0.15, 0.2) is 0 Å². The number of halogens is 2. The molecule has 1 aromatic heterocycles. The van der Waals surface area contributed by atoms with Gasteiger partial charge in [-0.3, -0.25) is 10.1 Å². The lowest BCUT2D eigenvalue weighted by atomic mass is 10.2. The number of nitro benzene ring substituents is 1. The lowest BCUT2D eigenvalue weighted by Gasteiger charge is -1.96. The number of thiophene rings is 1. The van der Waals surface area contributed by atoms with Crippen molar-refractivity contribution < 1.29 is 4.92 Å². The Labute approximate surface area is 106 Å². The van der Waals surface area contributed by atoms with Gasteiger partial charge in [-0.15, -0.1) is 11.3 Å². The van der Waals surface area contributed by atoms with E-state index in [9.17, 15) is 10.1 Å². The highest BCUT2D eigenvalue weighted by molar-refractivity contribution is 14.1. The summed E-state index contributed by atoms with van der Waals surface area (Å²) in [6.45, 7) is 0. The van der Waals surface area contributed by atoms with Crippen molar-refractivity contribution >= 4 is 65.6 Å². The molecule has 2 rings (SSSR count). The topological polar surface area (TPSA) is 43.1 Å². The minimum absolute atomic E-state index is 0.177. The van der Waals surface area contributed by atoms with Crippen molar-refractivity contribution in [3.8, 4) is 0 Å². The lowest BCUT2D eigenvalue weighted by Crippen LogP contribution is -1.88. The molecule has 0 saturated heterocycles. The van der Waals surface area contributed by atoms with E-state index in [1.807, 2.05) is 5.38 Å². The second kappa shape index (κ2) is 3.74. The Hall–Kier alpha value is -0.210. The number of nitrogens with zero attached hydrogens (tertiary/aromatic N) is 1.